The van der Waals surface area contributed by atoms with E-state index in [0.29, 0.717) is 0 Å². The highest BCUT2D eigenvalue weighted by atomic mass is 15.2. The lowest BCUT2D eigenvalue weighted by Crippen LogP contribution is -2.36. The van der Waals surface area contributed by atoms with Crippen LogP contribution in [0.2, 0.25) is 0 Å². The summed E-state index contributed by atoms with van der Waals surface area (Å²) in [6, 6.07) is 82.7. The third-order valence-corrected chi connectivity index (χ3v) is 12.6. The van der Waals surface area contributed by atoms with Gasteiger partial charge in [-0.3, -0.25) is 10.3 Å². The maximum Gasteiger partial charge on any atom is 0.127 e. The van der Waals surface area contributed by atoms with Gasteiger partial charge in [0.1, 0.15) is 6.17 Å². The van der Waals surface area contributed by atoms with Crippen molar-refractivity contribution in [2.45, 2.75) is 17.7 Å². The third-order valence-electron chi connectivity index (χ3n) is 12.6. The number of fused-ring (bicyclic) bond motifs is 9. The van der Waals surface area contributed by atoms with E-state index >= 15 is 0 Å². The molecular weight excluding hydrogens is 753 g/mol. The lowest BCUT2D eigenvalue weighted by molar-refractivity contribution is 0.467. The number of hydrogen-bond acceptors (Lipinski definition) is 4. The molecule has 4 nitrogen and oxygen atoms in total. The Kier molecular flexibility index (Phi) is 9.50. The van der Waals surface area contributed by atoms with Crippen molar-refractivity contribution < 1.29 is 0 Å². The minimum absolute atomic E-state index is 0.322. The van der Waals surface area contributed by atoms with Gasteiger partial charge in [-0.05, 0) is 115 Å². The van der Waals surface area contributed by atoms with Crippen LogP contribution in [0, 0.1) is 0 Å². The number of benzene rings is 9. The second-order valence-electron chi connectivity index (χ2n) is 16.1. The first-order chi connectivity index (χ1) is 30.7. The van der Waals surface area contributed by atoms with E-state index in [1.54, 1.807) is 0 Å². The Morgan fingerprint density at radius 2 is 0.952 bits per heavy atom. The van der Waals surface area contributed by atoms with Crippen molar-refractivity contribution in [1.82, 2.24) is 5.32 Å². The third kappa shape index (κ3) is 6.36. The van der Waals surface area contributed by atoms with Crippen molar-refractivity contribution >= 4 is 23.3 Å². The molecule has 62 heavy (non-hydrogen) atoms. The van der Waals surface area contributed by atoms with Gasteiger partial charge in [-0.15, -0.1) is 0 Å². The number of nitrogens with one attached hydrogen (secondary N) is 1. The zero-order valence-electron chi connectivity index (χ0n) is 34.1. The molecule has 296 valence electrons. The average molecular weight is 797 g/mol. The molecule has 0 aromatic heterocycles. The fourth-order valence-electron chi connectivity index (χ4n) is 9.77. The number of nitrogens with two attached hydrogens (primary N) is 1. The summed E-state index contributed by atoms with van der Waals surface area (Å²) in [5, 5.41) is 3.53. The van der Waals surface area contributed by atoms with Crippen molar-refractivity contribution in [3.05, 3.63) is 269 Å². The summed E-state index contributed by atoms with van der Waals surface area (Å²) < 4.78 is 0. The van der Waals surface area contributed by atoms with E-state index in [0.717, 1.165) is 33.5 Å². The van der Waals surface area contributed by atoms with Crippen molar-refractivity contribution in [3.8, 4) is 33.4 Å². The maximum absolute atomic E-state index is 6.64. The summed E-state index contributed by atoms with van der Waals surface area (Å²) in [5.41, 5.74) is 25.1. The summed E-state index contributed by atoms with van der Waals surface area (Å²) in [6.07, 6.45) is 1.26. The predicted molar refractivity (Wildman–Crippen MR) is 256 cm³/mol. The Hall–Kier alpha value is -7.63. The SMILES string of the molecule is NC(NC(/N=C/c1cccc(-c2cccc(-c3ccc4c(c3)C3(c5ccccc5-4)c4ccccc4N(c4ccccc4)c4ccccc43)c2)c1)c1ccccc1)c1ccccc1. The van der Waals surface area contributed by atoms with Crippen LogP contribution in [0.5, 0.6) is 0 Å². The molecule has 4 heteroatoms. The van der Waals surface area contributed by atoms with E-state index < -0.39 is 5.41 Å². The van der Waals surface area contributed by atoms with Crippen LogP contribution in [-0.4, -0.2) is 6.21 Å². The molecule has 2 aliphatic rings. The van der Waals surface area contributed by atoms with E-state index in [1.165, 1.54) is 55.9 Å². The average Bonchev–Trinajstić information content (AvgIpc) is 3.64. The van der Waals surface area contributed by atoms with Gasteiger partial charge in [0, 0.05) is 11.9 Å². The van der Waals surface area contributed by atoms with Gasteiger partial charge in [-0.2, -0.15) is 0 Å². The highest BCUT2D eigenvalue weighted by molar-refractivity contribution is 5.96. The molecule has 2 unspecified atom stereocenters. The largest absolute Gasteiger partial charge is 0.312 e. The summed E-state index contributed by atoms with van der Waals surface area (Å²) in [7, 11) is 0. The quantitative estimate of drug-likeness (QED) is 0.113. The molecule has 1 aliphatic heterocycles. The van der Waals surface area contributed by atoms with Crippen LogP contribution in [0.25, 0.3) is 33.4 Å². The minimum atomic E-state index is -0.511. The van der Waals surface area contributed by atoms with Crippen LogP contribution in [0.15, 0.2) is 236 Å². The number of anilines is 3. The summed E-state index contributed by atoms with van der Waals surface area (Å²) >= 11 is 0. The molecular formula is C58H44N4. The van der Waals surface area contributed by atoms with E-state index in [1.807, 2.05) is 54.7 Å². The van der Waals surface area contributed by atoms with Crippen molar-refractivity contribution in [3.63, 3.8) is 0 Å². The van der Waals surface area contributed by atoms with Gasteiger partial charge in [0.15, 0.2) is 0 Å². The molecule has 1 spiro atoms. The molecule has 1 heterocycles. The molecule has 11 rings (SSSR count). The number of aliphatic imine (C=N–C) groups is 1. The topological polar surface area (TPSA) is 53.6 Å². The van der Waals surface area contributed by atoms with Gasteiger partial charge in [0.2, 0.25) is 0 Å². The Morgan fingerprint density at radius 3 is 1.63 bits per heavy atom. The van der Waals surface area contributed by atoms with Crippen LogP contribution in [0.4, 0.5) is 17.1 Å². The molecule has 0 saturated heterocycles. The van der Waals surface area contributed by atoms with Crippen LogP contribution < -0.4 is 16.0 Å². The lowest BCUT2D eigenvalue weighted by Gasteiger charge is -2.45. The fourth-order valence-corrected chi connectivity index (χ4v) is 9.77. The molecule has 3 N–H and O–H groups in total. The van der Waals surface area contributed by atoms with E-state index in [9.17, 15) is 0 Å². The summed E-state index contributed by atoms with van der Waals surface area (Å²) in [4.78, 5) is 7.49. The first kappa shape index (κ1) is 37.4. The zero-order chi connectivity index (χ0) is 41.5. The van der Waals surface area contributed by atoms with Crippen molar-refractivity contribution in [2.24, 2.45) is 10.7 Å². The Balaban J connectivity index is 0.978. The lowest BCUT2D eigenvalue weighted by atomic mass is 9.64. The molecule has 1 aliphatic carbocycles. The second-order valence-corrected chi connectivity index (χ2v) is 16.1. The van der Waals surface area contributed by atoms with Gasteiger partial charge >= 0.3 is 0 Å². The Labute approximate surface area is 363 Å². The van der Waals surface area contributed by atoms with Crippen molar-refractivity contribution in [1.29, 1.82) is 0 Å². The fraction of sp³-hybridized carbons (Fsp3) is 0.0517. The zero-order valence-corrected chi connectivity index (χ0v) is 34.1. The van der Waals surface area contributed by atoms with Crippen LogP contribution in [0.1, 0.15) is 51.3 Å². The van der Waals surface area contributed by atoms with Crippen LogP contribution in [-0.2, 0) is 5.41 Å². The first-order valence-corrected chi connectivity index (χ1v) is 21.3. The summed E-state index contributed by atoms with van der Waals surface area (Å²) in [5.74, 6) is 0. The summed E-state index contributed by atoms with van der Waals surface area (Å²) in [6.45, 7) is 0. The monoisotopic (exact) mass is 796 g/mol. The molecule has 0 fully saturated rings. The van der Waals surface area contributed by atoms with Gasteiger partial charge < -0.3 is 10.6 Å². The van der Waals surface area contributed by atoms with E-state index in [-0.39, 0.29) is 12.3 Å². The molecule has 0 bridgehead atoms. The molecule has 0 radical (unpaired) electrons. The number of nitrogens with zero attached hydrogens (tertiary/aromatic N) is 2. The molecule has 0 amide bonds. The molecule has 9 aromatic rings. The van der Waals surface area contributed by atoms with Crippen LogP contribution in [0.3, 0.4) is 0 Å². The van der Waals surface area contributed by atoms with E-state index in [2.05, 4.69) is 192 Å². The Morgan fingerprint density at radius 1 is 0.435 bits per heavy atom. The van der Waals surface area contributed by atoms with Gasteiger partial charge in [0.05, 0.1) is 23.0 Å². The van der Waals surface area contributed by atoms with Gasteiger partial charge in [-0.25, -0.2) is 0 Å². The van der Waals surface area contributed by atoms with Gasteiger partial charge in [-0.1, -0.05) is 188 Å². The molecule has 2 atom stereocenters. The first-order valence-electron chi connectivity index (χ1n) is 21.3. The number of rotatable bonds is 9. The van der Waals surface area contributed by atoms with Gasteiger partial charge in [0.25, 0.3) is 0 Å². The molecule has 0 saturated carbocycles. The minimum Gasteiger partial charge on any atom is -0.312 e. The standard InChI is InChI=1S/C58H44N4/c59-56(41-19-4-1-5-20-41)61-57(42-21-6-2-7-22-42)60-39-40-18-16-23-43(36-40)44-24-17-25-45(37-44)46-34-35-49-48-28-10-11-29-50(48)58(53(49)38-46)51-30-12-14-32-54(51)62(47-26-8-3-9-27-47)55-33-15-13-31-52(55)58/h1-39,56-57,61H,59H2/b60-39+. The number of para-hydroxylation sites is 3. The number of hydrogen-bond donors (Lipinski definition) is 2. The van der Waals surface area contributed by atoms with E-state index in [4.69, 9.17) is 10.7 Å². The predicted octanol–water partition coefficient (Wildman–Crippen LogP) is 13.5. The maximum atomic E-state index is 6.64. The normalized spacial score (nSPS) is 14.2. The Bertz CT molecular complexity index is 3040. The molecule has 9 aromatic carbocycles. The highest BCUT2D eigenvalue weighted by Crippen LogP contribution is 2.63. The second kappa shape index (κ2) is 15.8. The van der Waals surface area contributed by atoms with Crippen molar-refractivity contribution in [2.75, 3.05) is 4.90 Å². The smallest absolute Gasteiger partial charge is 0.127 e. The highest BCUT2D eigenvalue weighted by Gasteiger charge is 2.51. The van der Waals surface area contributed by atoms with Crippen LogP contribution >= 0.6 is 0 Å².